The largest absolute Gasteiger partial charge is 0.361 e. The Morgan fingerprint density at radius 3 is 2.77 bits per heavy atom. The molecular weight excluding hydrogens is 412 g/mol. The van der Waals surface area contributed by atoms with Gasteiger partial charge in [-0.25, -0.2) is 8.42 Å². The number of carbonyl (C=O) groups is 1. The van der Waals surface area contributed by atoms with Gasteiger partial charge in [0.15, 0.2) is 0 Å². The molecule has 4 rings (SSSR count). The zero-order valence-electron chi connectivity index (χ0n) is 17.8. The van der Waals surface area contributed by atoms with Crippen LogP contribution >= 0.6 is 0 Å². The number of benzene rings is 1. The number of likely N-dealkylation sites (tertiary alicyclic amines) is 1. The lowest BCUT2D eigenvalue weighted by atomic mass is 9.91. The summed E-state index contributed by atoms with van der Waals surface area (Å²) in [5.74, 6) is -0.223. The van der Waals surface area contributed by atoms with Crippen LogP contribution in [0.1, 0.15) is 37.0 Å². The molecular formula is C23H26N4O3S. The van der Waals surface area contributed by atoms with Crippen LogP contribution in [-0.2, 0) is 34.1 Å². The van der Waals surface area contributed by atoms with E-state index in [9.17, 15) is 13.2 Å². The Kier molecular flexibility index (Phi) is 5.82. The van der Waals surface area contributed by atoms with Crippen molar-refractivity contribution in [3.05, 3.63) is 58.6 Å². The van der Waals surface area contributed by atoms with E-state index in [0.29, 0.717) is 13.1 Å². The van der Waals surface area contributed by atoms with Gasteiger partial charge in [-0.3, -0.25) is 14.4 Å². The summed E-state index contributed by atoms with van der Waals surface area (Å²) < 4.78 is 27.6. The molecule has 1 aliphatic heterocycles. The number of carbonyl (C=O) groups excluding carboxylic acids is 1. The SMILES string of the molecule is [C-]#[N+]c1cc(-c2ccc3c(c2CC(=O)NS(=O)(=O)C2CN(C(C)C)C2)CCC3)ccn1. The number of aryl methyl sites for hydroxylation is 1. The van der Waals surface area contributed by atoms with Gasteiger partial charge >= 0.3 is 0 Å². The second kappa shape index (κ2) is 8.40. The number of nitrogens with zero attached hydrogens (tertiary/aromatic N) is 3. The summed E-state index contributed by atoms with van der Waals surface area (Å²) >= 11 is 0. The molecule has 0 spiro atoms. The maximum absolute atomic E-state index is 12.8. The standard InChI is InChI=1S/C23H26N4O3S/c1-15(2)27-13-18(14-27)31(29,30)26-23(28)12-21-19-6-4-5-16(19)7-8-20(21)17-9-10-25-22(11-17)24-3/h7-11,15,18H,4-6,12-14H2,1-2H3,(H,26,28). The normalized spacial score (nSPS) is 16.6. The van der Waals surface area contributed by atoms with Crippen LogP contribution in [0.2, 0.25) is 0 Å². The van der Waals surface area contributed by atoms with Crippen molar-refractivity contribution >= 4 is 21.7 Å². The minimum atomic E-state index is -3.70. The molecule has 162 valence electrons. The zero-order valence-corrected chi connectivity index (χ0v) is 18.6. The average Bonchev–Trinajstić information content (AvgIpc) is 3.15. The van der Waals surface area contributed by atoms with E-state index in [1.165, 1.54) is 5.56 Å². The van der Waals surface area contributed by atoms with Gasteiger partial charge in [-0.15, -0.1) is 4.98 Å². The Balaban J connectivity index is 1.58. The first kappa shape index (κ1) is 21.5. The molecule has 0 bridgehead atoms. The molecule has 1 amide bonds. The predicted molar refractivity (Wildman–Crippen MR) is 119 cm³/mol. The van der Waals surface area contributed by atoms with E-state index in [2.05, 4.69) is 25.5 Å². The second-order valence-corrected chi connectivity index (χ2v) is 10.5. The van der Waals surface area contributed by atoms with Crippen LogP contribution in [0, 0.1) is 6.57 Å². The van der Waals surface area contributed by atoms with Crippen molar-refractivity contribution < 1.29 is 13.2 Å². The van der Waals surface area contributed by atoms with Crippen molar-refractivity contribution in [2.24, 2.45) is 0 Å². The first-order chi connectivity index (χ1) is 14.8. The van der Waals surface area contributed by atoms with Gasteiger partial charge in [0.1, 0.15) is 11.4 Å². The van der Waals surface area contributed by atoms with E-state index in [0.717, 1.165) is 41.5 Å². The Morgan fingerprint density at radius 2 is 2.06 bits per heavy atom. The quantitative estimate of drug-likeness (QED) is 0.701. The minimum Gasteiger partial charge on any atom is -0.361 e. The van der Waals surface area contributed by atoms with Crippen LogP contribution in [-0.4, -0.2) is 48.6 Å². The highest BCUT2D eigenvalue weighted by molar-refractivity contribution is 7.90. The van der Waals surface area contributed by atoms with Gasteiger partial charge in [-0.05, 0) is 73.1 Å². The highest BCUT2D eigenvalue weighted by Crippen LogP contribution is 2.34. The molecule has 8 heteroatoms. The molecule has 1 aliphatic carbocycles. The first-order valence-electron chi connectivity index (χ1n) is 10.5. The lowest BCUT2D eigenvalue weighted by Crippen LogP contribution is -2.60. The molecule has 2 aliphatic rings. The van der Waals surface area contributed by atoms with Crippen LogP contribution in [0.3, 0.4) is 0 Å². The fourth-order valence-electron chi connectivity index (χ4n) is 4.39. The number of sulfonamides is 1. The Labute approximate surface area is 183 Å². The molecule has 0 radical (unpaired) electrons. The number of hydrogen-bond donors (Lipinski definition) is 1. The molecule has 1 saturated heterocycles. The highest BCUT2D eigenvalue weighted by Gasteiger charge is 2.39. The summed E-state index contributed by atoms with van der Waals surface area (Å²) in [5, 5.41) is -0.554. The van der Waals surface area contributed by atoms with Crippen LogP contribution in [0.25, 0.3) is 16.0 Å². The molecule has 2 heterocycles. The number of amides is 1. The van der Waals surface area contributed by atoms with E-state index < -0.39 is 21.2 Å². The van der Waals surface area contributed by atoms with Gasteiger partial charge < -0.3 is 4.85 Å². The van der Waals surface area contributed by atoms with Crippen LogP contribution in [0.15, 0.2) is 30.5 Å². The number of rotatable bonds is 6. The van der Waals surface area contributed by atoms with Gasteiger partial charge in [0.05, 0.1) is 6.42 Å². The average molecular weight is 439 g/mol. The van der Waals surface area contributed by atoms with Crippen molar-refractivity contribution in [2.75, 3.05) is 13.1 Å². The molecule has 0 unspecified atom stereocenters. The molecule has 0 atom stereocenters. The topological polar surface area (TPSA) is 83.7 Å². The van der Waals surface area contributed by atoms with Crippen LogP contribution in [0.4, 0.5) is 5.82 Å². The molecule has 1 aromatic carbocycles. The molecule has 0 saturated carbocycles. The van der Waals surface area contributed by atoms with Gasteiger partial charge in [-0.2, -0.15) is 0 Å². The third kappa shape index (κ3) is 4.34. The zero-order chi connectivity index (χ0) is 22.2. The summed E-state index contributed by atoms with van der Waals surface area (Å²) in [5.41, 5.74) is 4.85. The van der Waals surface area contributed by atoms with E-state index in [1.807, 2.05) is 26.0 Å². The van der Waals surface area contributed by atoms with Crippen LogP contribution < -0.4 is 4.72 Å². The summed E-state index contributed by atoms with van der Waals surface area (Å²) in [6, 6.07) is 7.85. The van der Waals surface area contributed by atoms with Gasteiger partial charge in [0.25, 0.3) is 5.82 Å². The number of hydrogen-bond acceptors (Lipinski definition) is 5. The van der Waals surface area contributed by atoms with E-state index >= 15 is 0 Å². The van der Waals surface area contributed by atoms with Gasteiger partial charge in [0, 0.05) is 19.1 Å². The molecule has 1 fully saturated rings. The third-order valence-electron chi connectivity index (χ3n) is 6.21. The maximum atomic E-state index is 12.8. The predicted octanol–water partition coefficient (Wildman–Crippen LogP) is 2.87. The van der Waals surface area contributed by atoms with Crippen molar-refractivity contribution in [3.8, 4) is 11.1 Å². The minimum absolute atomic E-state index is 0.00593. The number of pyridine rings is 1. The Hall–Kier alpha value is -2.76. The smallest absolute Gasteiger partial charge is 0.270 e. The molecule has 2 aromatic rings. The van der Waals surface area contributed by atoms with Crippen molar-refractivity contribution in [1.82, 2.24) is 14.6 Å². The Morgan fingerprint density at radius 1 is 1.29 bits per heavy atom. The van der Waals surface area contributed by atoms with E-state index in [-0.39, 0.29) is 18.3 Å². The number of nitrogens with one attached hydrogen (secondary N) is 1. The van der Waals surface area contributed by atoms with Crippen molar-refractivity contribution in [2.45, 2.75) is 50.8 Å². The lowest BCUT2D eigenvalue weighted by molar-refractivity contribution is -0.118. The van der Waals surface area contributed by atoms with E-state index in [1.54, 1.807) is 12.3 Å². The maximum Gasteiger partial charge on any atom is 0.270 e. The third-order valence-corrected chi connectivity index (χ3v) is 7.90. The number of aromatic nitrogens is 1. The summed E-state index contributed by atoms with van der Waals surface area (Å²) in [6.45, 7) is 12.2. The monoisotopic (exact) mass is 438 g/mol. The van der Waals surface area contributed by atoms with Crippen molar-refractivity contribution in [1.29, 1.82) is 0 Å². The first-order valence-corrected chi connectivity index (χ1v) is 12.1. The summed E-state index contributed by atoms with van der Waals surface area (Å²) in [6.07, 6.45) is 4.42. The Bertz CT molecular complexity index is 1160. The van der Waals surface area contributed by atoms with Crippen LogP contribution in [0.5, 0.6) is 0 Å². The fourth-order valence-corrected chi connectivity index (χ4v) is 5.72. The van der Waals surface area contributed by atoms with Crippen molar-refractivity contribution in [3.63, 3.8) is 0 Å². The van der Waals surface area contributed by atoms with Gasteiger partial charge in [0.2, 0.25) is 15.9 Å². The second-order valence-electron chi connectivity index (χ2n) is 8.51. The van der Waals surface area contributed by atoms with Gasteiger partial charge in [-0.1, -0.05) is 18.7 Å². The highest BCUT2D eigenvalue weighted by atomic mass is 32.2. The summed E-state index contributed by atoms with van der Waals surface area (Å²) in [7, 11) is -3.70. The molecule has 31 heavy (non-hydrogen) atoms. The molecule has 1 aromatic heterocycles. The number of fused-ring (bicyclic) bond motifs is 1. The molecule has 7 nitrogen and oxygen atoms in total. The summed E-state index contributed by atoms with van der Waals surface area (Å²) in [4.78, 5) is 22.3. The fraction of sp³-hybridized carbons (Fsp3) is 0.435. The molecule has 1 N–H and O–H groups in total. The van der Waals surface area contributed by atoms with E-state index in [4.69, 9.17) is 6.57 Å². The lowest BCUT2D eigenvalue weighted by Gasteiger charge is -2.41.